The average molecular weight is 171 g/mol. The molecule has 51 valence electrons. The van der Waals surface area contributed by atoms with Gasteiger partial charge in [0.1, 0.15) is 5.49 Å². The quantitative estimate of drug-likeness (QED) is 0.541. The number of halogens is 1. The van der Waals surface area contributed by atoms with Crippen LogP contribution in [0.1, 0.15) is 0 Å². The third-order valence-electron chi connectivity index (χ3n) is 1.02. The molecule has 0 saturated heterocycles. The largest absolute Gasteiger partial charge is 0.344 e. The summed E-state index contributed by atoms with van der Waals surface area (Å²) in [5, 5.41) is 3.42. The van der Waals surface area contributed by atoms with Gasteiger partial charge in [-0.25, -0.2) is 0 Å². The number of hydrogen-bond donors (Lipinski definition) is 1. The lowest BCUT2D eigenvalue weighted by molar-refractivity contribution is 1.67. The molecule has 0 amide bonds. The van der Waals surface area contributed by atoms with Crippen LogP contribution < -0.4 is 5.32 Å². The molecule has 0 bridgehead atoms. The summed E-state index contributed by atoms with van der Waals surface area (Å²) in [5.41, 5.74) is 3.25. The van der Waals surface area contributed by atoms with E-state index >= 15 is 0 Å². The standard InChI is InChI=1S/C7H5ClNS/c8-6-2-1-3-7(4-6)9-5-10/h1-4H,(H,9,10). The fourth-order valence-electron chi connectivity index (χ4n) is 0.625. The first-order chi connectivity index (χ1) is 4.83. The number of benzene rings is 1. The first-order valence-corrected chi connectivity index (χ1v) is 3.50. The predicted molar refractivity (Wildman–Crippen MR) is 47.7 cm³/mol. The van der Waals surface area contributed by atoms with E-state index in [2.05, 4.69) is 23.0 Å². The molecule has 1 nitrogen and oxygen atoms in total. The maximum Gasteiger partial charge on any atom is 0.138 e. The second-order valence-electron chi connectivity index (χ2n) is 1.74. The van der Waals surface area contributed by atoms with E-state index in [1.54, 1.807) is 12.1 Å². The molecule has 0 aliphatic carbocycles. The van der Waals surface area contributed by atoms with Crippen LogP contribution in [0.15, 0.2) is 24.3 Å². The molecular formula is C7H5ClNS. The van der Waals surface area contributed by atoms with E-state index < -0.39 is 0 Å². The van der Waals surface area contributed by atoms with E-state index in [1.807, 2.05) is 12.1 Å². The highest BCUT2D eigenvalue weighted by Gasteiger charge is 1.88. The van der Waals surface area contributed by atoms with Gasteiger partial charge in [-0.1, -0.05) is 29.9 Å². The molecule has 0 fully saturated rings. The van der Waals surface area contributed by atoms with Crippen molar-refractivity contribution < 1.29 is 0 Å². The minimum absolute atomic E-state index is 0.690. The molecule has 0 atom stereocenters. The van der Waals surface area contributed by atoms with Gasteiger partial charge in [0.05, 0.1) is 0 Å². The number of rotatable bonds is 2. The fraction of sp³-hybridized carbons (Fsp3) is 0. The van der Waals surface area contributed by atoms with E-state index in [0.29, 0.717) is 5.02 Å². The minimum Gasteiger partial charge on any atom is -0.344 e. The first-order valence-electron chi connectivity index (χ1n) is 2.71. The number of anilines is 1. The fourth-order valence-corrected chi connectivity index (χ4v) is 0.933. The Morgan fingerprint density at radius 1 is 1.50 bits per heavy atom. The predicted octanol–water partition coefficient (Wildman–Crippen LogP) is 2.59. The van der Waals surface area contributed by atoms with Gasteiger partial charge in [0, 0.05) is 10.7 Å². The summed E-state index contributed by atoms with van der Waals surface area (Å²) in [6.07, 6.45) is 0. The van der Waals surface area contributed by atoms with Crippen LogP contribution in [0.5, 0.6) is 0 Å². The zero-order valence-electron chi connectivity index (χ0n) is 5.10. The summed E-state index contributed by atoms with van der Waals surface area (Å²) in [7, 11) is 0. The van der Waals surface area contributed by atoms with Gasteiger partial charge in [0.2, 0.25) is 0 Å². The summed E-state index contributed by atoms with van der Waals surface area (Å²) >= 11 is 10.2. The van der Waals surface area contributed by atoms with Crippen molar-refractivity contribution in [3.8, 4) is 0 Å². The third kappa shape index (κ3) is 1.97. The average Bonchev–Trinajstić information content (AvgIpc) is 1.88. The van der Waals surface area contributed by atoms with Gasteiger partial charge in [0.15, 0.2) is 0 Å². The van der Waals surface area contributed by atoms with Crippen LogP contribution in [0, 0.1) is 0 Å². The van der Waals surface area contributed by atoms with Crippen LogP contribution in [-0.2, 0) is 0 Å². The Labute approximate surface area is 70.0 Å². The van der Waals surface area contributed by atoms with Gasteiger partial charge in [0.25, 0.3) is 0 Å². The summed E-state index contributed by atoms with van der Waals surface area (Å²) in [4.78, 5) is 0. The Morgan fingerprint density at radius 2 is 2.30 bits per heavy atom. The molecule has 1 N–H and O–H groups in total. The van der Waals surface area contributed by atoms with Gasteiger partial charge in [-0.15, -0.1) is 0 Å². The third-order valence-corrected chi connectivity index (χ3v) is 1.36. The molecule has 0 aromatic heterocycles. The van der Waals surface area contributed by atoms with Crippen molar-refractivity contribution in [2.45, 2.75) is 0 Å². The van der Waals surface area contributed by atoms with Crippen molar-refractivity contribution in [2.75, 3.05) is 5.32 Å². The molecule has 0 heterocycles. The van der Waals surface area contributed by atoms with Crippen molar-refractivity contribution >= 4 is 35.0 Å². The van der Waals surface area contributed by atoms with Gasteiger partial charge < -0.3 is 5.32 Å². The van der Waals surface area contributed by atoms with Crippen LogP contribution in [0.4, 0.5) is 5.69 Å². The summed E-state index contributed by atoms with van der Waals surface area (Å²) in [5.74, 6) is 0. The minimum atomic E-state index is 0.690. The summed E-state index contributed by atoms with van der Waals surface area (Å²) < 4.78 is 0. The Hall–Kier alpha value is -0.600. The Morgan fingerprint density at radius 3 is 2.90 bits per heavy atom. The molecule has 0 aliphatic rings. The second-order valence-corrected chi connectivity index (χ2v) is 2.38. The number of hydrogen-bond acceptors (Lipinski definition) is 1. The lowest BCUT2D eigenvalue weighted by Gasteiger charge is -1.96. The maximum atomic E-state index is 5.68. The number of nitrogens with one attached hydrogen (secondary N) is 1. The van der Waals surface area contributed by atoms with Crippen LogP contribution >= 0.6 is 23.8 Å². The van der Waals surface area contributed by atoms with Crippen molar-refractivity contribution in [2.24, 2.45) is 0 Å². The van der Waals surface area contributed by atoms with Crippen molar-refractivity contribution in [1.82, 2.24) is 0 Å². The Balaban J connectivity index is 2.84. The normalized spacial score (nSPS) is 8.90. The SMILES string of the molecule is S=[C]Nc1cccc(Cl)c1. The molecule has 1 aromatic rings. The molecule has 3 heteroatoms. The van der Waals surface area contributed by atoms with Gasteiger partial charge >= 0.3 is 0 Å². The summed E-state index contributed by atoms with van der Waals surface area (Å²) in [6.45, 7) is 0. The highest BCUT2D eigenvalue weighted by atomic mass is 35.5. The smallest absolute Gasteiger partial charge is 0.138 e. The van der Waals surface area contributed by atoms with Crippen LogP contribution in [0.3, 0.4) is 0 Å². The van der Waals surface area contributed by atoms with Crippen molar-refractivity contribution in [1.29, 1.82) is 0 Å². The molecular weight excluding hydrogens is 166 g/mol. The zero-order valence-corrected chi connectivity index (χ0v) is 6.67. The van der Waals surface area contributed by atoms with E-state index in [-0.39, 0.29) is 0 Å². The Bertz CT molecular complexity index is 237. The highest BCUT2D eigenvalue weighted by molar-refractivity contribution is 7.79. The lowest BCUT2D eigenvalue weighted by atomic mass is 10.3. The van der Waals surface area contributed by atoms with E-state index in [0.717, 1.165) is 5.69 Å². The molecule has 0 unspecified atom stereocenters. The van der Waals surface area contributed by atoms with Gasteiger partial charge in [-0.2, -0.15) is 0 Å². The molecule has 1 rings (SSSR count). The summed E-state index contributed by atoms with van der Waals surface area (Å²) in [6, 6.07) is 7.29. The molecule has 0 saturated carbocycles. The maximum absolute atomic E-state index is 5.68. The van der Waals surface area contributed by atoms with Crippen molar-refractivity contribution in [3.05, 3.63) is 29.3 Å². The van der Waals surface area contributed by atoms with E-state index in [1.165, 1.54) is 0 Å². The highest BCUT2D eigenvalue weighted by Crippen LogP contribution is 2.13. The molecule has 0 spiro atoms. The van der Waals surface area contributed by atoms with Crippen LogP contribution in [0.25, 0.3) is 0 Å². The van der Waals surface area contributed by atoms with Crippen LogP contribution in [-0.4, -0.2) is 5.49 Å². The Kier molecular flexibility index (Phi) is 2.66. The van der Waals surface area contributed by atoms with E-state index in [4.69, 9.17) is 11.6 Å². The second kappa shape index (κ2) is 3.54. The molecule has 1 radical (unpaired) electrons. The van der Waals surface area contributed by atoms with Crippen LogP contribution in [0.2, 0.25) is 5.02 Å². The molecule has 0 aliphatic heterocycles. The van der Waals surface area contributed by atoms with Gasteiger partial charge in [-0.3, -0.25) is 0 Å². The monoisotopic (exact) mass is 170 g/mol. The number of thiocarbonyl (C=S) groups is 1. The van der Waals surface area contributed by atoms with Crippen molar-refractivity contribution in [3.63, 3.8) is 0 Å². The lowest BCUT2D eigenvalue weighted by Crippen LogP contribution is -1.90. The van der Waals surface area contributed by atoms with E-state index in [9.17, 15) is 0 Å². The van der Waals surface area contributed by atoms with Gasteiger partial charge in [-0.05, 0) is 18.2 Å². The topological polar surface area (TPSA) is 12.0 Å². The first kappa shape index (κ1) is 7.51. The molecule has 10 heavy (non-hydrogen) atoms. The zero-order chi connectivity index (χ0) is 7.40. The molecule has 1 aromatic carbocycles.